The number of hydrogen-bond acceptors (Lipinski definition) is 4. The molecule has 4 heteroatoms. The summed E-state index contributed by atoms with van der Waals surface area (Å²) in [5.41, 5.74) is 11.7. The molecule has 0 fully saturated rings. The van der Waals surface area contributed by atoms with E-state index in [1.165, 1.54) is 10.3 Å². The van der Waals surface area contributed by atoms with Gasteiger partial charge in [-0.2, -0.15) is 0 Å². The van der Waals surface area contributed by atoms with Crippen LogP contribution in [0.2, 0.25) is 0 Å². The number of nitrogens with zero attached hydrogens (tertiary/aromatic N) is 1. The van der Waals surface area contributed by atoms with Gasteiger partial charge in [0, 0.05) is 17.9 Å². The van der Waals surface area contributed by atoms with E-state index in [4.69, 9.17) is 5.73 Å². The third-order valence-electron chi connectivity index (χ3n) is 2.81. The minimum Gasteiger partial charge on any atom is -0.399 e. The van der Waals surface area contributed by atoms with E-state index in [2.05, 4.69) is 22.4 Å². The molecule has 0 saturated heterocycles. The maximum atomic E-state index is 5.66. The van der Waals surface area contributed by atoms with Crippen LogP contribution in [0.25, 0.3) is 10.2 Å². The van der Waals surface area contributed by atoms with E-state index in [-0.39, 0.29) is 0 Å². The summed E-state index contributed by atoms with van der Waals surface area (Å²) in [6.07, 6.45) is 0. The molecule has 0 bridgehead atoms. The van der Waals surface area contributed by atoms with E-state index < -0.39 is 0 Å². The van der Waals surface area contributed by atoms with Crippen LogP contribution in [0, 0.1) is 0 Å². The van der Waals surface area contributed by atoms with Gasteiger partial charge in [0.25, 0.3) is 0 Å². The maximum absolute atomic E-state index is 5.66. The van der Waals surface area contributed by atoms with Gasteiger partial charge in [0.2, 0.25) is 0 Å². The summed E-state index contributed by atoms with van der Waals surface area (Å²) in [6.45, 7) is 0.796. The predicted octanol–water partition coefficient (Wildman–Crippen LogP) is 3.49. The summed E-state index contributed by atoms with van der Waals surface area (Å²) < 4.78 is 1.21. The Hall–Kier alpha value is -2.07. The number of thiazole rings is 1. The second-order valence-corrected chi connectivity index (χ2v) is 5.02. The number of benzene rings is 2. The largest absolute Gasteiger partial charge is 0.399 e. The van der Waals surface area contributed by atoms with E-state index in [0.29, 0.717) is 0 Å². The van der Waals surface area contributed by atoms with Gasteiger partial charge in [-0.3, -0.25) is 0 Å². The van der Waals surface area contributed by atoms with Gasteiger partial charge in [0.1, 0.15) is 0 Å². The highest BCUT2D eigenvalue weighted by Crippen LogP contribution is 2.22. The molecule has 0 amide bonds. The van der Waals surface area contributed by atoms with Gasteiger partial charge >= 0.3 is 0 Å². The van der Waals surface area contributed by atoms with Gasteiger partial charge in [-0.05, 0) is 35.9 Å². The van der Waals surface area contributed by atoms with Crippen molar-refractivity contribution in [3.05, 3.63) is 53.5 Å². The van der Waals surface area contributed by atoms with Crippen molar-refractivity contribution >= 4 is 32.9 Å². The number of aromatic nitrogens is 1. The lowest BCUT2D eigenvalue weighted by Crippen LogP contribution is -1.99. The van der Waals surface area contributed by atoms with Gasteiger partial charge in [0.05, 0.1) is 15.7 Å². The fourth-order valence-electron chi connectivity index (χ4n) is 1.80. The molecule has 0 radical (unpaired) electrons. The predicted molar refractivity (Wildman–Crippen MR) is 77.8 cm³/mol. The summed E-state index contributed by atoms with van der Waals surface area (Å²) in [7, 11) is 0. The number of hydrogen-bond donors (Lipinski definition) is 2. The third kappa shape index (κ3) is 2.28. The van der Waals surface area contributed by atoms with Crippen LogP contribution in [0.15, 0.2) is 48.0 Å². The molecule has 1 heterocycles. The summed E-state index contributed by atoms with van der Waals surface area (Å²) in [4.78, 5) is 4.26. The summed E-state index contributed by atoms with van der Waals surface area (Å²) in [5, 5.41) is 3.40. The topological polar surface area (TPSA) is 50.9 Å². The van der Waals surface area contributed by atoms with Crippen molar-refractivity contribution in [2.45, 2.75) is 6.54 Å². The van der Waals surface area contributed by atoms with Gasteiger partial charge in [-0.25, -0.2) is 4.98 Å². The van der Waals surface area contributed by atoms with Crippen LogP contribution in [0.4, 0.5) is 11.4 Å². The molecule has 0 saturated carbocycles. The van der Waals surface area contributed by atoms with Crippen molar-refractivity contribution < 1.29 is 0 Å². The molecule has 0 unspecified atom stereocenters. The molecule has 2 aromatic carbocycles. The monoisotopic (exact) mass is 255 g/mol. The van der Waals surface area contributed by atoms with E-state index in [1.54, 1.807) is 11.3 Å². The van der Waals surface area contributed by atoms with Crippen molar-refractivity contribution in [2.75, 3.05) is 11.1 Å². The molecular formula is C14H13N3S. The zero-order chi connectivity index (χ0) is 12.4. The molecule has 18 heavy (non-hydrogen) atoms. The Bertz CT molecular complexity index is 658. The van der Waals surface area contributed by atoms with Crippen molar-refractivity contribution in [3.63, 3.8) is 0 Å². The van der Waals surface area contributed by atoms with Crippen LogP contribution in [-0.2, 0) is 6.54 Å². The summed E-state index contributed by atoms with van der Waals surface area (Å²) in [6, 6.07) is 14.1. The minimum atomic E-state index is 0.796. The highest BCUT2D eigenvalue weighted by molar-refractivity contribution is 7.16. The van der Waals surface area contributed by atoms with Crippen LogP contribution >= 0.6 is 11.3 Å². The number of nitrogens with two attached hydrogens (primary N) is 1. The van der Waals surface area contributed by atoms with E-state index in [1.807, 2.05) is 35.8 Å². The Balaban J connectivity index is 1.74. The van der Waals surface area contributed by atoms with Crippen molar-refractivity contribution in [2.24, 2.45) is 0 Å². The number of nitrogen functional groups attached to an aromatic ring is 1. The lowest BCUT2D eigenvalue weighted by molar-refractivity contribution is 1.15. The SMILES string of the molecule is Nc1ccc(CNc2ccc3ncsc3c2)cc1. The average Bonchev–Trinajstić information content (AvgIpc) is 2.85. The Kier molecular flexibility index (Phi) is 2.86. The van der Waals surface area contributed by atoms with Gasteiger partial charge in [-0.15, -0.1) is 11.3 Å². The highest BCUT2D eigenvalue weighted by Gasteiger charge is 1.99. The number of anilines is 2. The number of rotatable bonds is 3. The Morgan fingerprint density at radius 3 is 2.78 bits per heavy atom. The molecule has 3 aromatic rings. The number of nitrogens with one attached hydrogen (secondary N) is 1. The van der Waals surface area contributed by atoms with E-state index in [0.717, 1.165) is 23.4 Å². The third-order valence-corrected chi connectivity index (χ3v) is 3.60. The Morgan fingerprint density at radius 1 is 1.11 bits per heavy atom. The van der Waals surface area contributed by atoms with Crippen LogP contribution in [0.1, 0.15) is 5.56 Å². The van der Waals surface area contributed by atoms with Crippen molar-refractivity contribution in [1.29, 1.82) is 0 Å². The molecule has 3 rings (SSSR count). The molecule has 0 spiro atoms. The summed E-state index contributed by atoms with van der Waals surface area (Å²) in [5.74, 6) is 0. The van der Waals surface area contributed by atoms with Gasteiger partial charge < -0.3 is 11.1 Å². The first-order chi connectivity index (χ1) is 8.81. The molecular weight excluding hydrogens is 242 g/mol. The van der Waals surface area contributed by atoms with Gasteiger partial charge in [-0.1, -0.05) is 12.1 Å². The quantitative estimate of drug-likeness (QED) is 0.704. The first-order valence-electron chi connectivity index (χ1n) is 5.73. The van der Waals surface area contributed by atoms with Crippen LogP contribution in [-0.4, -0.2) is 4.98 Å². The molecule has 3 nitrogen and oxygen atoms in total. The molecule has 90 valence electrons. The highest BCUT2D eigenvalue weighted by atomic mass is 32.1. The van der Waals surface area contributed by atoms with E-state index in [9.17, 15) is 0 Å². The Morgan fingerprint density at radius 2 is 1.94 bits per heavy atom. The van der Waals surface area contributed by atoms with Crippen LogP contribution < -0.4 is 11.1 Å². The molecule has 3 N–H and O–H groups in total. The average molecular weight is 255 g/mol. The maximum Gasteiger partial charge on any atom is 0.0813 e. The standard InChI is InChI=1S/C14H13N3S/c15-11-3-1-10(2-4-11)8-16-12-5-6-13-14(7-12)18-9-17-13/h1-7,9,16H,8,15H2. The second kappa shape index (κ2) is 4.66. The van der Waals surface area contributed by atoms with Crippen LogP contribution in [0.3, 0.4) is 0 Å². The van der Waals surface area contributed by atoms with Crippen molar-refractivity contribution in [1.82, 2.24) is 4.98 Å². The number of fused-ring (bicyclic) bond motifs is 1. The lowest BCUT2D eigenvalue weighted by atomic mass is 10.2. The molecule has 0 aliphatic carbocycles. The normalized spacial score (nSPS) is 10.7. The molecule has 0 aliphatic rings. The van der Waals surface area contributed by atoms with Gasteiger partial charge in [0.15, 0.2) is 0 Å². The van der Waals surface area contributed by atoms with Crippen LogP contribution in [0.5, 0.6) is 0 Å². The molecule has 0 atom stereocenters. The fourth-order valence-corrected chi connectivity index (χ4v) is 2.52. The molecule has 0 aliphatic heterocycles. The minimum absolute atomic E-state index is 0.796. The zero-order valence-electron chi connectivity index (χ0n) is 9.76. The van der Waals surface area contributed by atoms with E-state index >= 15 is 0 Å². The first kappa shape index (κ1) is 11.0. The first-order valence-corrected chi connectivity index (χ1v) is 6.61. The summed E-state index contributed by atoms with van der Waals surface area (Å²) >= 11 is 1.66. The Labute approximate surface area is 109 Å². The zero-order valence-corrected chi connectivity index (χ0v) is 10.6. The second-order valence-electron chi connectivity index (χ2n) is 4.13. The van der Waals surface area contributed by atoms with Crippen molar-refractivity contribution in [3.8, 4) is 0 Å². The fraction of sp³-hybridized carbons (Fsp3) is 0.0714. The lowest BCUT2D eigenvalue weighted by Gasteiger charge is -2.06. The molecule has 1 aromatic heterocycles. The smallest absolute Gasteiger partial charge is 0.0813 e.